The van der Waals surface area contributed by atoms with Crippen LogP contribution in [0.1, 0.15) is 32.3 Å². The van der Waals surface area contributed by atoms with Crippen molar-refractivity contribution in [1.29, 1.82) is 0 Å². The summed E-state index contributed by atoms with van der Waals surface area (Å²) in [4.78, 5) is 0. The van der Waals surface area contributed by atoms with E-state index in [1.54, 1.807) is 13.8 Å². The molecular formula is C13H17BrO2. The predicted octanol–water partition coefficient (Wildman–Crippen LogP) is 3.47. The van der Waals surface area contributed by atoms with Gasteiger partial charge in [-0.25, -0.2) is 0 Å². The first-order chi connectivity index (χ1) is 7.48. The first kappa shape index (κ1) is 11.9. The molecule has 1 N–H and O–H groups in total. The van der Waals surface area contributed by atoms with Gasteiger partial charge >= 0.3 is 0 Å². The van der Waals surface area contributed by atoms with Crippen molar-refractivity contribution in [1.82, 2.24) is 0 Å². The van der Waals surface area contributed by atoms with Gasteiger partial charge in [-0.3, -0.25) is 0 Å². The molecule has 0 heterocycles. The molecule has 1 aliphatic rings. The summed E-state index contributed by atoms with van der Waals surface area (Å²) in [6.45, 7) is 4.34. The van der Waals surface area contributed by atoms with E-state index in [9.17, 15) is 5.11 Å². The van der Waals surface area contributed by atoms with Gasteiger partial charge in [0, 0.05) is 5.56 Å². The van der Waals surface area contributed by atoms with E-state index in [-0.39, 0.29) is 0 Å². The monoisotopic (exact) mass is 284 g/mol. The van der Waals surface area contributed by atoms with Crippen LogP contribution in [0.2, 0.25) is 0 Å². The van der Waals surface area contributed by atoms with E-state index < -0.39 is 5.60 Å². The molecule has 2 nitrogen and oxygen atoms in total. The van der Waals surface area contributed by atoms with Crippen molar-refractivity contribution in [3.8, 4) is 5.75 Å². The number of aliphatic hydroxyl groups is 1. The molecule has 2 rings (SSSR count). The highest BCUT2D eigenvalue weighted by Gasteiger charge is 2.24. The third-order valence-corrected chi connectivity index (χ3v) is 3.61. The lowest BCUT2D eigenvalue weighted by Gasteiger charge is -2.21. The first-order valence-corrected chi connectivity index (χ1v) is 6.42. The molecule has 0 unspecified atom stereocenters. The predicted molar refractivity (Wildman–Crippen MR) is 67.6 cm³/mol. The van der Waals surface area contributed by atoms with Gasteiger partial charge in [-0.05, 0) is 54.6 Å². The maximum atomic E-state index is 10.00. The van der Waals surface area contributed by atoms with Crippen molar-refractivity contribution in [2.24, 2.45) is 5.92 Å². The van der Waals surface area contributed by atoms with Crippen LogP contribution in [-0.2, 0) is 5.60 Å². The molecule has 16 heavy (non-hydrogen) atoms. The highest BCUT2D eigenvalue weighted by Crippen LogP contribution is 2.36. The number of halogens is 1. The summed E-state index contributed by atoms with van der Waals surface area (Å²) in [5.74, 6) is 1.56. The zero-order chi connectivity index (χ0) is 11.8. The maximum Gasteiger partial charge on any atom is 0.133 e. The van der Waals surface area contributed by atoms with Crippen LogP contribution >= 0.6 is 15.9 Å². The van der Waals surface area contributed by atoms with Crippen molar-refractivity contribution in [2.75, 3.05) is 6.61 Å². The average Bonchev–Trinajstić information content (AvgIpc) is 2.98. The summed E-state index contributed by atoms with van der Waals surface area (Å²) in [5.41, 5.74) is 0.0124. The second-order valence-corrected chi connectivity index (χ2v) is 5.72. The zero-order valence-corrected chi connectivity index (χ0v) is 11.3. The summed E-state index contributed by atoms with van der Waals surface area (Å²) >= 11 is 3.50. The fraction of sp³-hybridized carbons (Fsp3) is 0.538. The maximum absolute atomic E-state index is 10.00. The van der Waals surface area contributed by atoms with Gasteiger partial charge in [0.1, 0.15) is 5.75 Å². The van der Waals surface area contributed by atoms with Gasteiger partial charge in [-0.15, -0.1) is 0 Å². The van der Waals surface area contributed by atoms with E-state index in [1.807, 2.05) is 18.2 Å². The Kier molecular flexibility index (Phi) is 3.27. The second kappa shape index (κ2) is 4.38. The largest absolute Gasteiger partial charge is 0.492 e. The van der Waals surface area contributed by atoms with Crippen LogP contribution in [0.5, 0.6) is 5.75 Å². The van der Waals surface area contributed by atoms with Crippen LogP contribution in [0, 0.1) is 5.92 Å². The lowest BCUT2D eigenvalue weighted by atomic mass is 9.98. The van der Waals surface area contributed by atoms with E-state index in [4.69, 9.17) is 4.74 Å². The highest BCUT2D eigenvalue weighted by molar-refractivity contribution is 9.10. The van der Waals surface area contributed by atoms with Crippen molar-refractivity contribution < 1.29 is 9.84 Å². The highest BCUT2D eigenvalue weighted by atomic mass is 79.9. The van der Waals surface area contributed by atoms with E-state index >= 15 is 0 Å². The molecule has 1 aromatic rings. The van der Waals surface area contributed by atoms with E-state index in [0.717, 1.165) is 28.3 Å². The van der Waals surface area contributed by atoms with Crippen LogP contribution in [0.4, 0.5) is 0 Å². The minimum absolute atomic E-state index is 0.734. The molecule has 0 aliphatic heterocycles. The van der Waals surface area contributed by atoms with Crippen LogP contribution in [0.3, 0.4) is 0 Å². The minimum atomic E-state index is -0.849. The van der Waals surface area contributed by atoms with Crippen LogP contribution in [-0.4, -0.2) is 11.7 Å². The van der Waals surface area contributed by atoms with Crippen molar-refractivity contribution in [3.05, 3.63) is 28.2 Å². The number of hydrogen-bond acceptors (Lipinski definition) is 2. The lowest BCUT2D eigenvalue weighted by molar-refractivity contribution is 0.0774. The molecule has 0 amide bonds. The topological polar surface area (TPSA) is 29.5 Å². The molecule has 0 bridgehead atoms. The fourth-order valence-corrected chi connectivity index (χ4v) is 2.45. The number of ether oxygens (including phenoxy) is 1. The molecule has 1 saturated carbocycles. The summed E-state index contributed by atoms with van der Waals surface area (Å²) in [6, 6.07) is 5.76. The molecule has 0 atom stereocenters. The van der Waals surface area contributed by atoms with Gasteiger partial charge in [-0.2, -0.15) is 0 Å². The molecular weight excluding hydrogens is 268 g/mol. The van der Waals surface area contributed by atoms with Gasteiger partial charge in [-0.1, -0.05) is 12.1 Å². The first-order valence-electron chi connectivity index (χ1n) is 5.62. The number of rotatable bonds is 4. The Bertz CT molecular complexity index is 378. The zero-order valence-electron chi connectivity index (χ0n) is 9.66. The third kappa shape index (κ3) is 2.77. The Morgan fingerprint density at radius 3 is 2.69 bits per heavy atom. The Morgan fingerprint density at radius 1 is 1.44 bits per heavy atom. The number of hydrogen-bond donors (Lipinski definition) is 1. The molecule has 0 saturated heterocycles. The quantitative estimate of drug-likeness (QED) is 0.918. The van der Waals surface area contributed by atoms with Crippen molar-refractivity contribution >= 4 is 15.9 Å². The van der Waals surface area contributed by atoms with Crippen molar-refractivity contribution in [2.45, 2.75) is 32.3 Å². The average molecular weight is 285 g/mol. The lowest BCUT2D eigenvalue weighted by Crippen LogP contribution is -2.16. The minimum Gasteiger partial charge on any atom is -0.492 e. The fourth-order valence-electron chi connectivity index (χ4n) is 1.59. The molecule has 1 fully saturated rings. The van der Waals surface area contributed by atoms with Gasteiger partial charge < -0.3 is 9.84 Å². The Morgan fingerprint density at radius 2 is 2.12 bits per heavy atom. The van der Waals surface area contributed by atoms with Crippen molar-refractivity contribution in [3.63, 3.8) is 0 Å². The molecule has 88 valence electrons. The SMILES string of the molecule is CC(C)(O)c1cccc(OCC2CC2)c1Br. The molecule has 0 radical (unpaired) electrons. The van der Waals surface area contributed by atoms with Gasteiger partial charge in [0.25, 0.3) is 0 Å². The van der Waals surface area contributed by atoms with Crippen LogP contribution in [0.15, 0.2) is 22.7 Å². The van der Waals surface area contributed by atoms with Gasteiger partial charge in [0.2, 0.25) is 0 Å². The molecule has 3 heteroatoms. The van der Waals surface area contributed by atoms with Crippen LogP contribution in [0.25, 0.3) is 0 Å². The van der Waals surface area contributed by atoms with E-state index in [2.05, 4.69) is 15.9 Å². The van der Waals surface area contributed by atoms with E-state index in [0.29, 0.717) is 0 Å². The summed E-state index contributed by atoms with van der Waals surface area (Å²) < 4.78 is 6.60. The molecule has 1 aromatic carbocycles. The molecule has 1 aliphatic carbocycles. The normalized spacial score (nSPS) is 16.2. The van der Waals surface area contributed by atoms with Crippen LogP contribution < -0.4 is 4.74 Å². The summed E-state index contributed by atoms with van der Waals surface area (Å²) in [5, 5.41) is 10.00. The second-order valence-electron chi connectivity index (χ2n) is 4.93. The van der Waals surface area contributed by atoms with Gasteiger partial charge in [0.15, 0.2) is 0 Å². The standard InChI is InChI=1S/C13H17BrO2/c1-13(2,15)10-4-3-5-11(12(10)14)16-8-9-6-7-9/h3-5,9,15H,6-8H2,1-2H3. The summed E-state index contributed by atoms with van der Waals surface area (Å²) in [6.07, 6.45) is 2.56. The Balaban J connectivity index is 2.17. The third-order valence-electron chi connectivity index (χ3n) is 2.79. The Hall–Kier alpha value is -0.540. The molecule has 0 spiro atoms. The summed E-state index contributed by atoms with van der Waals surface area (Å²) in [7, 11) is 0. The Labute approximate surface area is 105 Å². The smallest absolute Gasteiger partial charge is 0.133 e. The number of benzene rings is 1. The molecule has 0 aromatic heterocycles. The van der Waals surface area contributed by atoms with E-state index in [1.165, 1.54) is 12.8 Å². The van der Waals surface area contributed by atoms with Gasteiger partial charge in [0.05, 0.1) is 16.7 Å².